The highest BCUT2D eigenvalue weighted by Crippen LogP contribution is 2.51. The van der Waals surface area contributed by atoms with E-state index in [-0.39, 0.29) is 17.9 Å². The van der Waals surface area contributed by atoms with E-state index in [2.05, 4.69) is 35.4 Å². The molecule has 1 aromatic heterocycles. The third-order valence-corrected chi connectivity index (χ3v) is 5.01. The van der Waals surface area contributed by atoms with Crippen molar-refractivity contribution in [1.82, 2.24) is 10.3 Å². The van der Waals surface area contributed by atoms with Crippen molar-refractivity contribution in [2.24, 2.45) is 0 Å². The number of hydrogen-bond donors (Lipinski definition) is 2. The van der Waals surface area contributed by atoms with Gasteiger partial charge in [0.1, 0.15) is 5.75 Å². The number of aromatic nitrogens is 1. The fraction of sp³-hybridized carbons (Fsp3) is 0.286. The third kappa shape index (κ3) is 3.12. The minimum absolute atomic E-state index is 0.0486. The number of carbonyl (C=O) groups excluding carboxylic acids is 1. The highest BCUT2D eigenvalue weighted by atomic mass is 16.5. The van der Waals surface area contributed by atoms with E-state index in [1.54, 1.807) is 0 Å². The summed E-state index contributed by atoms with van der Waals surface area (Å²) in [5.41, 5.74) is 3.78. The van der Waals surface area contributed by atoms with E-state index in [0.29, 0.717) is 12.3 Å². The van der Waals surface area contributed by atoms with E-state index in [0.717, 1.165) is 12.8 Å². The van der Waals surface area contributed by atoms with Crippen LogP contribution in [-0.4, -0.2) is 24.0 Å². The van der Waals surface area contributed by atoms with E-state index in [1.165, 1.54) is 22.2 Å². The van der Waals surface area contributed by atoms with Gasteiger partial charge in [0.05, 0.1) is 0 Å². The number of carbonyl (C=O) groups is 1. The van der Waals surface area contributed by atoms with E-state index in [4.69, 9.17) is 4.74 Å². The van der Waals surface area contributed by atoms with Crippen molar-refractivity contribution in [3.63, 3.8) is 0 Å². The van der Waals surface area contributed by atoms with Gasteiger partial charge in [0.15, 0.2) is 6.61 Å². The Labute approximate surface area is 147 Å². The van der Waals surface area contributed by atoms with Crippen molar-refractivity contribution in [3.05, 3.63) is 65.9 Å². The Morgan fingerprint density at radius 2 is 1.84 bits per heavy atom. The van der Waals surface area contributed by atoms with Gasteiger partial charge >= 0.3 is 0 Å². The van der Waals surface area contributed by atoms with Crippen molar-refractivity contribution < 1.29 is 9.53 Å². The van der Waals surface area contributed by atoms with Crippen molar-refractivity contribution in [1.29, 1.82) is 0 Å². The first-order valence-electron chi connectivity index (χ1n) is 8.70. The number of aryl methyl sites for hydroxylation is 1. The van der Waals surface area contributed by atoms with Crippen LogP contribution in [0.25, 0.3) is 10.9 Å². The lowest BCUT2D eigenvalue weighted by Crippen LogP contribution is -2.35. The summed E-state index contributed by atoms with van der Waals surface area (Å²) in [5.74, 6) is 0.638. The molecule has 2 N–H and O–H groups in total. The van der Waals surface area contributed by atoms with Crippen LogP contribution in [-0.2, 0) is 10.2 Å². The van der Waals surface area contributed by atoms with E-state index in [9.17, 15) is 4.79 Å². The standard InChI is InChI=1S/C21H22N2O2/c1-15-20(17-9-5-6-10-18(17)23-15)21(11-12-21)14-22-19(24)13-25-16-7-3-2-4-8-16/h2-10,23H,11-14H2,1H3,(H,22,24). The highest BCUT2D eigenvalue weighted by Gasteiger charge is 2.46. The van der Waals surface area contributed by atoms with Crippen LogP contribution >= 0.6 is 0 Å². The fourth-order valence-electron chi connectivity index (χ4n) is 3.61. The first-order valence-corrected chi connectivity index (χ1v) is 8.70. The van der Waals surface area contributed by atoms with Crippen molar-refractivity contribution >= 4 is 16.8 Å². The minimum Gasteiger partial charge on any atom is -0.484 e. The summed E-state index contributed by atoms with van der Waals surface area (Å²) < 4.78 is 5.52. The number of ether oxygens (including phenoxy) is 1. The van der Waals surface area contributed by atoms with Crippen LogP contribution in [0.3, 0.4) is 0 Å². The van der Waals surface area contributed by atoms with Crippen LogP contribution in [0.1, 0.15) is 24.1 Å². The van der Waals surface area contributed by atoms with Crippen LogP contribution < -0.4 is 10.1 Å². The van der Waals surface area contributed by atoms with Crippen LogP contribution in [0.15, 0.2) is 54.6 Å². The summed E-state index contributed by atoms with van der Waals surface area (Å²) in [4.78, 5) is 15.6. The number of nitrogens with one attached hydrogen (secondary N) is 2. The Hall–Kier alpha value is -2.75. The predicted octanol–water partition coefficient (Wildman–Crippen LogP) is 3.70. The molecule has 0 radical (unpaired) electrons. The number of benzene rings is 2. The maximum Gasteiger partial charge on any atom is 0.257 e. The highest BCUT2D eigenvalue weighted by molar-refractivity contribution is 5.86. The van der Waals surface area contributed by atoms with E-state index >= 15 is 0 Å². The SMILES string of the molecule is Cc1[nH]c2ccccc2c1C1(CNC(=O)COc2ccccc2)CC1. The van der Waals surface area contributed by atoms with Crippen molar-refractivity contribution in [2.45, 2.75) is 25.2 Å². The maximum absolute atomic E-state index is 12.2. The zero-order valence-electron chi connectivity index (χ0n) is 14.3. The Morgan fingerprint density at radius 3 is 2.60 bits per heavy atom. The van der Waals surface area contributed by atoms with Gasteiger partial charge in [-0.15, -0.1) is 0 Å². The molecule has 0 aliphatic heterocycles. The summed E-state index contributed by atoms with van der Waals surface area (Å²) in [6.45, 7) is 2.83. The Bertz CT molecular complexity index is 895. The molecule has 128 valence electrons. The molecule has 4 nitrogen and oxygen atoms in total. The van der Waals surface area contributed by atoms with Crippen LogP contribution in [0, 0.1) is 6.92 Å². The average Bonchev–Trinajstić information content (AvgIpc) is 3.33. The second-order valence-corrected chi connectivity index (χ2v) is 6.83. The predicted molar refractivity (Wildman–Crippen MR) is 98.9 cm³/mol. The fourth-order valence-corrected chi connectivity index (χ4v) is 3.61. The first kappa shape index (κ1) is 15.8. The van der Waals surface area contributed by atoms with Gasteiger partial charge in [-0.1, -0.05) is 36.4 Å². The summed E-state index contributed by atoms with van der Waals surface area (Å²) in [5, 5.41) is 4.33. The molecule has 1 aliphatic rings. The van der Waals surface area contributed by atoms with Crippen LogP contribution in [0.4, 0.5) is 0 Å². The maximum atomic E-state index is 12.2. The third-order valence-electron chi connectivity index (χ3n) is 5.01. The smallest absolute Gasteiger partial charge is 0.257 e. The van der Waals surface area contributed by atoms with Gasteiger partial charge in [-0.3, -0.25) is 4.79 Å². The molecule has 0 bridgehead atoms. The second kappa shape index (κ2) is 6.28. The number of rotatable bonds is 6. The molecule has 0 spiro atoms. The Kier molecular flexibility index (Phi) is 3.96. The zero-order chi connectivity index (χ0) is 17.3. The van der Waals surface area contributed by atoms with Gasteiger partial charge in [-0.05, 0) is 43.5 Å². The van der Waals surface area contributed by atoms with Crippen LogP contribution in [0.2, 0.25) is 0 Å². The van der Waals surface area contributed by atoms with Gasteiger partial charge in [-0.25, -0.2) is 0 Å². The van der Waals surface area contributed by atoms with Gasteiger partial charge < -0.3 is 15.0 Å². The summed E-state index contributed by atoms with van der Waals surface area (Å²) in [7, 11) is 0. The molecule has 0 unspecified atom stereocenters. The molecular formula is C21H22N2O2. The number of hydrogen-bond acceptors (Lipinski definition) is 2. The van der Waals surface area contributed by atoms with E-state index in [1.807, 2.05) is 36.4 Å². The lowest BCUT2D eigenvalue weighted by molar-refractivity contribution is -0.123. The number of H-pyrrole nitrogens is 1. The quantitative estimate of drug-likeness (QED) is 0.722. The van der Waals surface area contributed by atoms with Crippen LogP contribution in [0.5, 0.6) is 5.75 Å². The molecule has 4 heteroatoms. The number of amides is 1. The number of para-hydroxylation sites is 2. The molecule has 3 aromatic rings. The monoisotopic (exact) mass is 334 g/mol. The zero-order valence-corrected chi connectivity index (χ0v) is 14.3. The molecule has 0 atom stereocenters. The number of fused-ring (bicyclic) bond motifs is 1. The lowest BCUT2D eigenvalue weighted by atomic mass is 9.93. The average molecular weight is 334 g/mol. The largest absolute Gasteiger partial charge is 0.484 e. The van der Waals surface area contributed by atoms with Crippen molar-refractivity contribution in [2.75, 3.05) is 13.2 Å². The molecule has 1 amide bonds. The van der Waals surface area contributed by atoms with Gasteiger partial charge in [-0.2, -0.15) is 0 Å². The molecular weight excluding hydrogens is 312 g/mol. The Balaban J connectivity index is 1.42. The molecule has 1 saturated carbocycles. The van der Waals surface area contributed by atoms with E-state index < -0.39 is 0 Å². The molecule has 25 heavy (non-hydrogen) atoms. The lowest BCUT2D eigenvalue weighted by Gasteiger charge is -2.17. The summed E-state index contributed by atoms with van der Waals surface area (Å²) >= 11 is 0. The Morgan fingerprint density at radius 1 is 1.12 bits per heavy atom. The molecule has 1 fully saturated rings. The second-order valence-electron chi connectivity index (χ2n) is 6.83. The molecule has 1 heterocycles. The summed E-state index contributed by atoms with van der Waals surface area (Å²) in [6.07, 6.45) is 2.21. The normalized spacial score (nSPS) is 15.1. The molecule has 0 saturated heterocycles. The van der Waals surface area contributed by atoms with Crippen molar-refractivity contribution in [3.8, 4) is 5.75 Å². The molecule has 2 aromatic carbocycles. The molecule has 4 rings (SSSR count). The first-order chi connectivity index (χ1) is 12.2. The minimum atomic E-state index is -0.0763. The molecule has 1 aliphatic carbocycles. The topological polar surface area (TPSA) is 54.1 Å². The van der Waals surface area contributed by atoms with Gasteiger partial charge in [0.2, 0.25) is 0 Å². The van der Waals surface area contributed by atoms with Gasteiger partial charge in [0.25, 0.3) is 5.91 Å². The summed E-state index contributed by atoms with van der Waals surface area (Å²) in [6, 6.07) is 17.8. The van der Waals surface area contributed by atoms with Gasteiger partial charge in [0, 0.05) is 28.6 Å². The number of aromatic amines is 1.